The Kier molecular flexibility index (Phi) is 3.44. The SMILES string of the molecule is COc1cccc(C=C2SC(=S)NC2=O)c1F. The topological polar surface area (TPSA) is 38.3 Å². The number of benzene rings is 1. The van der Waals surface area contributed by atoms with Gasteiger partial charge in [0.05, 0.1) is 12.0 Å². The minimum atomic E-state index is -0.492. The first-order chi connectivity index (χ1) is 8.11. The van der Waals surface area contributed by atoms with Crippen LogP contribution in [0.5, 0.6) is 5.75 Å². The Bertz CT molecular complexity index is 528. The molecule has 6 heteroatoms. The average molecular weight is 269 g/mol. The molecule has 1 N–H and O–H groups in total. The summed E-state index contributed by atoms with van der Waals surface area (Å²) in [5.41, 5.74) is 0.298. The summed E-state index contributed by atoms with van der Waals surface area (Å²) in [6, 6.07) is 4.74. The van der Waals surface area contributed by atoms with Crippen molar-refractivity contribution in [2.75, 3.05) is 7.11 Å². The molecule has 1 fully saturated rings. The number of halogens is 1. The van der Waals surface area contributed by atoms with Crippen LogP contribution in [0.25, 0.3) is 6.08 Å². The quantitative estimate of drug-likeness (QED) is 0.660. The third-order valence-corrected chi connectivity index (χ3v) is 3.30. The molecule has 0 spiro atoms. The van der Waals surface area contributed by atoms with Crippen molar-refractivity contribution < 1.29 is 13.9 Å². The van der Waals surface area contributed by atoms with Crippen molar-refractivity contribution in [1.82, 2.24) is 5.32 Å². The number of nitrogens with one attached hydrogen (secondary N) is 1. The maximum Gasteiger partial charge on any atom is 0.263 e. The van der Waals surface area contributed by atoms with Crippen molar-refractivity contribution in [1.29, 1.82) is 0 Å². The van der Waals surface area contributed by atoms with E-state index in [4.69, 9.17) is 17.0 Å². The lowest BCUT2D eigenvalue weighted by Gasteiger charge is -2.03. The zero-order valence-corrected chi connectivity index (χ0v) is 10.5. The molecule has 1 aliphatic rings. The van der Waals surface area contributed by atoms with Crippen LogP contribution < -0.4 is 10.1 Å². The number of amides is 1. The molecule has 0 atom stereocenters. The smallest absolute Gasteiger partial charge is 0.263 e. The van der Waals surface area contributed by atoms with E-state index in [2.05, 4.69) is 5.32 Å². The standard InChI is InChI=1S/C11H8FNO2S2/c1-15-7-4-2-3-6(9(7)12)5-8-10(14)13-11(16)17-8/h2-5H,1H3,(H,13,14,16). The van der Waals surface area contributed by atoms with Gasteiger partial charge in [-0.1, -0.05) is 36.1 Å². The van der Waals surface area contributed by atoms with Crippen molar-refractivity contribution in [2.45, 2.75) is 0 Å². The second kappa shape index (κ2) is 4.85. The van der Waals surface area contributed by atoms with Gasteiger partial charge < -0.3 is 10.1 Å². The van der Waals surface area contributed by atoms with Gasteiger partial charge in [0.25, 0.3) is 5.91 Å². The van der Waals surface area contributed by atoms with Crippen LogP contribution >= 0.6 is 24.0 Å². The summed E-state index contributed by atoms with van der Waals surface area (Å²) in [6.07, 6.45) is 1.46. The number of rotatable bonds is 2. The van der Waals surface area contributed by atoms with E-state index in [1.54, 1.807) is 12.1 Å². The van der Waals surface area contributed by atoms with E-state index in [0.717, 1.165) is 11.8 Å². The number of carbonyl (C=O) groups excluding carboxylic acids is 1. The molecule has 1 aromatic rings. The first-order valence-corrected chi connectivity index (χ1v) is 5.91. The van der Waals surface area contributed by atoms with Crippen molar-refractivity contribution in [3.8, 4) is 5.75 Å². The highest BCUT2D eigenvalue weighted by Crippen LogP contribution is 2.28. The van der Waals surface area contributed by atoms with E-state index in [9.17, 15) is 9.18 Å². The molecule has 0 saturated carbocycles. The molecule has 2 rings (SSSR count). The molecule has 1 amide bonds. The lowest BCUT2D eigenvalue weighted by molar-refractivity contribution is -0.115. The van der Waals surface area contributed by atoms with Crippen LogP contribution in [0.3, 0.4) is 0 Å². The Morgan fingerprint density at radius 3 is 2.88 bits per heavy atom. The summed E-state index contributed by atoms with van der Waals surface area (Å²) in [7, 11) is 1.39. The Labute approximate surface area is 107 Å². The van der Waals surface area contributed by atoms with Gasteiger partial charge in [0, 0.05) is 5.56 Å². The molecule has 0 aromatic heterocycles. The van der Waals surface area contributed by atoms with E-state index in [1.165, 1.54) is 19.3 Å². The second-order valence-corrected chi connectivity index (χ2v) is 4.93. The van der Waals surface area contributed by atoms with Gasteiger partial charge in [0.1, 0.15) is 4.32 Å². The number of thiocarbonyl (C=S) groups is 1. The third kappa shape index (κ3) is 2.48. The molecule has 1 aromatic carbocycles. The Hall–Kier alpha value is -1.40. The maximum atomic E-state index is 13.8. The summed E-state index contributed by atoms with van der Waals surface area (Å²) < 4.78 is 19.0. The summed E-state index contributed by atoms with van der Waals surface area (Å²) in [5, 5.41) is 2.47. The van der Waals surface area contributed by atoms with Gasteiger partial charge in [-0.2, -0.15) is 0 Å². The molecule has 1 saturated heterocycles. The first-order valence-electron chi connectivity index (χ1n) is 4.69. The maximum absolute atomic E-state index is 13.8. The lowest BCUT2D eigenvalue weighted by Crippen LogP contribution is -2.17. The molecule has 0 bridgehead atoms. The van der Waals surface area contributed by atoms with Crippen LogP contribution in [-0.4, -0.2) is 17.3 Å². The van der Waals surface area contributed by atoms with Gasteiger partial charge >= 0.3 is 0 Å². The highest BCUT2D eigenvalue weighted by atomic mass is 32.2. The Morgan fingerprint density at radius 1 is 1.53 bits per heavy atom. The predicted molar refractivity (Wildman–Crippen MR) is 69.3 cm³/mol. The number of methoxy groups -OCH3 is 1. The van der Waals surface area contributed by atoms with Gasteiger partial charge in [0.15, 0.2) is 11.6 Å². The number of carbonyl (C=O) groups is 1. The van der Waals surface area contributed by atoms with Crippen LogP contribution in [0.1, 0.15) is 5.56 Å². The van der Waals surface area contributed by atoms with E-state index >= 15 is 0 Å². The molecule has 1 aliphatic heterocycles. The molecule has 17 heavy (non-hydrogen) atoms. The molecule has 88 valence electrons. The largest absolute Gasteiger partial charge is 0.494 e. The zero-order valence-electron chi connectivity index (χ0n) is 8.82. The molecule has 0 unspecified atom stereocenters. The van der Waals surface area contributed by atoms with Gasteiger partial charge in [0.2, 0.25) is 0 Å². The zero-order chi connectivity index (χ0) is 12.4. The Morgan fingerprint density at radius 2 is 2.29 bits per heavy atom. The van der Waals surface area contributed by atoms with Gasteiger partial charge in [-0.15, -0.1) is 0 Å². The van der Waals surface area contributed by atoms with Gasteiger partial charge in [-0.3, -0.25) is 4.79 Å². The summed E-state index contributed by atoms with van der Waals surface area (Å²) in [6.45, 7) is 0. The van der Waals surface area contributed by atoms with Crippen molar-refractivity contribution in [3.05, 3.63) is 34.5 Å². The van der Waals surface area contributed by atoms with Crippen molar-refractivity contribution >= 4 is 40.3 Å². The van der Waals surface area contributed by atoms with Crippen LogP contribution in [0, 0.1) is 5.82 Å². The van der Waals surface area contributed by atoms with Crippen LogP contribution in [0.15, 0.2) is 23.1 Å². The number of ether oxygens (including phenoxy) is 1. The van der Waals surface area contributed by atoms with Crippen molar-refractivity contribution in [2.24, 2.45) is 0 Å². The molecular weight excluding hydrogens is 261 g/mol. The van der Waals surface area contributed by atoms with Crippen molar-refractivity contribution in [3.63, 3.8) is 0 Å². The fourth-order valence-corrected chi connectivity index (χ4v) is 2.39. The minimum Gasteiger partial charge on any atom is -0.494 e. The number of hydrogen-bond donors (Lipinski definition) is 1. The molecule has 3 nitrogen and oxygen atoms in total. The second-order valence-electron chi connectivity index (χ2n) is 3.22. The van der Waals surface area contributed by atoms with E-state index in [1.807, 2.05) is 0 Å². The normalized spacial score (nSPS) is 17.4. The van der Waals surface area contributed by atoms with Crippen LogP contribution in [0.4, 0.5) is 4.39 Å². The van der Waals surface area contributed by atoms with Crippen LogP contribution in [0.2, 0.25) is 0 Å². The van der Waals surface area contributed by atoms with E-state index in [0.29, 0.717) is 14.8 Å². The Balaban J connectivity index is 2.39. The number of thioether (sulfide) groups is 1. The lowest BCUT2D eigenvalue weighted by atomic mass is 10.2. The van der Waals surface area contributed by atoms with Crippen LogP contribution in [-0.2, 0) is 4.79 Å². The van der Waals surface area contributed by atoms with E-state index in [-0.39, 0.29) is 11.7 Å². The van der Waals surface area contributed by atoms with Gasteiger partial charge in [-0.05, 0) is 12.1 Å². The summed E-state index contributed by atoms with van der Waals surface area (Å²) in [5.74, 6) is -0.652. The third-order valence-electron chi connectivity index (χ3n) is 2.14. The molecule has 0 radical (unpaired) electrons. The monoisotopic (exact) mass is 269 g/mol. The highest BCUT2D eigenvalue weighted by Gasteiger charge is 2.22. The van der Waals surface area contributed by atoms with E-state index < -0.39 is 5.82 Å². The highest BCUT2D eigenvalue weighted by molar-refractivity contribution is 8.26. The molecule has 0 aliphatic carbocycles. The first kappa shape index (κ1) is 12.1. The predicted octanol–water partition coefficient (Wildman–Crippen LogP) is 2.32. The summed E-state index contributed by atoms with van der Waals surface area (Å²) in [4.78, 5) is 11.8. The van der Waals surface area contributed by atoms with Gasteiger partial charge in [-0.25, -0.2) is 4.39 Å². The summed E-state index contributed by atoms with van der Waals surface area (Å²) >= 11 is 5.96. The number of hydrogen-bond acceptors (Lipinski definition) is 4. The molecule has 1 heterocycles. The molecular formula is C11H8FNO2S2. The average Bonchev–Trinajstić information content (AvgIpc) is 2.60. The fraction of sp³-hybridized carbons (Fsp3) is 0.0909. The minimum absolute atomic E-state index is 0.144. The fourth-order valence-electron chi connectivity index (χ4n) is 1.36.